The van der Waals surface area contributed by atoms with Crippen molar-refractivity contribution >= 4 is 5.97 Å². The zero-order chi connectivity index (χ0) is 5.86. The molecule has 0 rings (SSSR count). The van der Waals surface area contributed by atoms with E-state index in [4.69, 9.17) is 5.73 Å². The third kappa shape index (κ3) is 4.59. The average molecular weight is 125 g/mol. The molecule has 0 saturated heterocycles. The second-order valence-electron chi connectivity index (χ2n) is 1.33. The number of carbonyl (C=O) groups is 1. The number of hydrogen-bond donors (Lipinski definition) is 1. The Morgan fingerprint density at radius 2 is 2.25 bits per heavy atom. The third-order valence-electron chi connectivity index (χ3n) is 0.743. The van der Waals surface area contributed by atoms with Crippen molar-refractivity contribution in [2.75, 3.05) is 0 Å². The van der Waals surface area contributed by atoms with Gasteiger partial charge in [0.25, 0.3) is 0 Å². The van der Waals surface area contributed by atoms with Gasteiger partial charge in [0.05, 0.1) is 5.97 Å². The van der Waals surface area contributed by atoms with Crippen LogP contribution < -0.4 is 40.4 Å². The fraction of sp³-hybridized carbons (Fsp3) is 0.750. The second-order valence-corrected chi connectivity index (χ2v) is 1.33. The van der Waals surface area contributed by atoms with Gasteiger partial charge in [-0.1, -0.05) is 6.92 Å². The molecule has 0 aliphatic carbocycles. The quantitative estimate of drug-likeness (QED) is 0.378. The van der Waals surface area contributed by atoms with Crippen LogP contribution in [0.5, 0.6) is 0 Å². The summed E-state index contributed by atoms with van der Waals surface area (Å²) in [6.07, 6.45) is 0.433. The van der Waals surface area contributed by atoms with Gasteiger partial charge in [-0.3, -0.25) is 0 Å². The molecular weight excluding hydrogens is 117 g/mol. The standard InChI is InChI=1S/C4H9NO2.Na/c1-2-3(5)4(6)7;/h3H,2,5H2,1H3,(H,6,7);/q;+1/p-1/t3-;/m1./s1. The van der Waals surface area contributed by atoms with Gasteiger partial charge in [0.15, 0.2) is 0 Å². The summed E-state index contributed by atoms with van der Waals surface area (Å²) in [6, 6.07) is -0.792. The minimum Gasteiger partial charge on any atom is -0.548 e. The molecule has 3 nitrogen and oxygen atoms in total. The van der Waals surface area contributed by atoms with E-state index in [-0.39, 0.29) is 29.6 Å². The summed E-state index contributed by atoms with van der Waals surface area (Å²) in [7, 11) is 0. The van der Waals surface area contributed by atoms with E-state index in [1.54, 1.807) is 6.92 Å². The molecule has 0 spiro atoms. The number of aliphatic carboxylic acids is 1. The summed E-state index contributed by atoms with van der Waals surface area (Å²) in [5.41, 5.74) is 4.95. The number of hydrogen-bond acceptors (Lipinski definition) is 3. The van der Waals surface area contributed by atoms with Crippen molar-refractivity contribution < 1.29 is 39.5 Å². The predicted molar refractivity (Wildman–Crippen MR) is 23.3 cm³/mol. The van der Waals surface area contributed by atoms with Gasteiger partial charge >= 0.3 is 29.6 Å². The predicted octanol–water partition coefficient (Wildman–Crippen LogP) is -4.52. The van der Waals surface area contributed by atoms with Gasteiger partial charge in [-0.05, 0) is 6.42 Å². The molecule has 8 heavy (non-hydrogen) atoms. The van der Waals surface area contributed by atoms with Crippen molar-refractivity contribution in [3.8, 4) is 0 Å². The third-order valence-corrected chi connectivity index (χ3v) is 0.743. The molecular formula is C4H8NNaO2. The first kappa shape index (κ1) is 11.3. The normalized spacial score (nSPS) is 11.8. The van der Waals surface area contributed by atoms with Crippen LogP contribution in [0.15, 0.2) is 0 Å². The molecule has 1 atom stereocenters. The van der Waals surface area contributed by atoms with E-state index in [1.807, 2.05) is 0 Å². The molecule has 42 valence electrons. The molecule has 0 heterocycles. The van der Waals surface area contributed by atoms with Crippen LogP contribution in [0.2, 0.25) is 0 Å². The van der Waals surface area contributed by atoms with E-state index in [2.05, 4.69) is 0 Å². The Hall–Kier alpha value is 0.430. The molecule has 0 aliphatic heterocycles. The maximum atomic E-state index is 9.69. The van der Waals surface area contributed by atoms with E-state index in [0.717, 1.165) is 0 Å². The van der Waals surface area contributed by atoms with Crippen LogP contribution >= 0.6 is 0 Å². The smallest absolute Gasteiger partial charge is 0.548 e. The van der Waals surface area contributed by atoms with Gasteiger partial charge < -0.3 is 15.6 Å². The number of rotatable bonds is 2. The van der Waals surface area contributed by atoms with Gasteiger partial charge in [-0.2, -0.15) is 0 Å². The number of carbonyl (C=O) groups excluding carboxylic acids is 1. The van der Waals surface area contributed by atoms with Gasteiger partial charge in [0, 0.05) is 6.04 Å². The Morgan fingerprint density at radius 3 is 2.25 bits per heavy atom. The topological polar surface area (TPSA) is 66.2 Å². The molecule has 0 amide bonds. The van der Waals surface area contributed by atoms with Gasteiger partial charge in [-0.15, -0.1) is 0 Å². The Bertz CT molecular complexity index is 76.4. The summed E-state index contributed by atoms with van der Waals surface area (Å²) in [6.45, 7) is 1.69. The van der Waals surface area contributed by atoms with Crippen LogP contribution in [-0.2, 0) is 4.79 Å². The Morgan fingerprint density at radius 1 is 1.88 bits per heavy atom. The summed E-state index contributed by atoms with van der Waals surface area (Å²) in [5, 5.41) is 9.69. The maximum Gasteiger partial charge on any atom is 1.00 e. The number of nitrogens with two attached hydrogens (primary N) is 1. The minimum atomic E-state index is -1.18. The van der Waals surface area contributed by atoms with Crippen molar-refractivity contribution in [3.63, 3.8) is 0 Å². The first-order valence-corrected chi connectivity index (χ1v) is 2.15. The van der Waals surface area contributed by atoms with Crippen molar-refractivity contribution in [1.82, 2.24) is 0 Å². The zero-order valence-electron chi connectivity index (χ0n) is 5.18. The number of carboxylic acids is 1. The van der Waals surface area contributed by atoms with Crippen molar-refractivity contribution in [2.45, 2.75) is 19.4 Å². The zero-order valence-corrected chi connectivity index (χ0v) is 7.18. The van der Waals surface area contributed by atoms with Gasteiger partial charge in [-0.25, -0.2) is 0 Å². The summed E-state index contributed by atoms with van der Waals surface area (Å²) < 4.78 is 0. The molecule has 0 saturated carbocycles. The van der Waals surface area contributed by atoms with Crippen molar-refractivity contribution in [3.05, 3.63) is 0 Å². The minimum absolute atomic E-state index is 0. The van der Waals surface area contributed by atoms with Gasteiger partial charge in [0.2, 0.25) is 0 Å². The monoisotopic (exact) mass is 125 g/mol. The fourth-order valence-electron chi connectivity index (χ4n) is 0.167. The Labute approximate surface area is 70.5 Å². The molecule has 0 aliphatic rings. The molecule has 0 aromatic carbocycles. The van der Waals surface area contributed by atoms with Crippen LogP contribution in [0, 0.1) is 0 Å². The van der Waals surface area contributed by atoms with Crippen LogP contribution in [0.1, 0.15) is 13.3 Å². The largest absolute Gasteiger partial charge is 1.00 e. The molecule has 0 fully saturated rings. The molecule has 0 radical (unpaired) electrons. The molecule has 0 unspecified atom stereocenters. The molecule has 0 aromatic heterocycles. The van der Waals surface area contributed by atoms with E-state index >= 15 is 0 Å². The summed E-state index contributed by atoms with van der Waals surface area (Å²) in [5.74, 6) is -1.18. The van der Waals surface area contributed by atoms with Gasteiger partial charge in [0.1, 0.15) is 0 Å². The van der Waals surface area contributed by atoms with Crippen LogP contribution in [0.4, 0.5) is 0 Å². The van der Waals surface area contributed by atoms with Crippen LogP contribution in [0.3, 0.4) is 0 Å². The Kier molecular flexibility index (Phi) is 7.83. The first-order valence-electron chi connectivity index (χ1n) is 2.15. The van der Waals surface area contributed by atoms with Crippen molar-refractivity contribution in [2.24, 2.45) is 5.73 Å². The second kappa shape index (κ2) is 5.56. The molecule has 2 N–H and O–H groups in total. The van der Waals surface area contributed by atoms with E-state index in [1.165, 1.54) is 0 Å². The summed E-state index contributed by atoms with van der Waals surface area (Å²) >= 11 is 0. The van der Waals surface area contributed by atoms with Crippen LogP contribution in [0.25, 0.3) is 0 Å². The summed E-state index contributed by atoms with van der Waals surface area (Å²) in [4.78, 5) is 9.69. The SMILES string of the molecule is CC[C@@H](N)C(=O)[O-].[Na+]. The van der Waals surface area contributed by atoms with Crippen LogP contribution in [-0.4, -0.2) is 12.0 Å². The Balaban J connectivity index is 0. The molecule has 4 heteroatoms. The van der Waals surface area contributed by atoms with E-state index in [9.17, 15) is 9.90 Å². The van der Waals surface area contributed by atoms with E-state index < -0.39 is 12.0 Å². The molecule has 0 aromatic rings. The fourth-order valence-corrected chi connectivity index (χ4v) is 0.167. The number of carboxylic acid groups (broad SMARTS) is 1. The maximum absolute atomic E-state index is 9.69. The molecule has 0 bridgehead atoms. The van der Waals surface area contributed by atoms with Crippen molar-refractivity contribution in [1.29, 1.82) is 0 Å². The first-order chi connectivity index (χ1) is 3.18. The van der Waals surface area contributed by atoms with E-state index in [0.29, 0.717) is 6.42 Å². The average Bonchev–Trinajstić information content (AvgIpc) is 1.65.